The summed E-state index contributed by atoms with van der Waals surface area (Å²) in [6.45, 7) is 0. The maximum atomic E-state index is 12.5. The molecule has 0 aliphatic heterocycles. The van der Waals surface area contributed by atoms with Crippen molar-refractivity contribution in [2.75, 3.05) is 11.6 Å². The molecular weight excluding hydrogens is 340 g/mol. The molecule has 0 fully saturated rings. The Balaban J connectivity index is 1.79. The number of amides is 1. The maximum Gasteiger partial charge on any atom is 0.255 e. The summed E-state index contributed by atoms with van der Waals surface area (Å²) in [5, 5.41) is 6.91. The summed E-state index contributed by atoms with van der Waals surface area (Å²) in [7, 11) is -3.11. The van der Waals surface area contributed by atoms with Crippen molar-refractivity contribution in [3.8, 4) is 5.69 Å². The second-order valence-electron chi connectivity index (χ2n) is 5.58. The van der Waals surface area contributed by atoms with Gasteiger partial charge in [-0.05, 0) is 29.8 Å². The van der Waals surface area contributed by atoms with Crippen molar-refractivity contribution >= 4 is 21.4 Å². The van der Waals surface area contributed by atoms with E-state index in [1.165, 1.54) is 12.6 Å². The predicted octanol–water partition coefficient (Wildman–Crippen LogP) is 2.06. The molecule has 8 heteroatoms. The smallest absolute Gasteiger partial charge is 0.255 e. The first-order chi connectivity index (χ1) is 11.9. The SMILES string of the molecule is CS(=O)(=O)Cc1ccc(C(=O)Nc2ccccc2-n2cncn2)cc1. The van der Waals surface area contributed by atoms with E-state index in [-0.39, 0.29) is 11.7 Å². The van der Waals surface area contributed by atoms with Crippen LogP contribution in [-0.4, -0.2) is 35.3 Å². The molecule has 0 spiro atoms. The fourth-order valence-electron chi connectivity index (χ4n) is 2.36. The lowest BCUT2D eigenvalue weighted by atomic mass is 10.1. The molecule has 0 aliphatic rings. The number of nitrogens with zero attached hydrogens (tertiary/aromatic N) is 3. The number of hydrogen-bond acceptors (Lipinski definition) is 5. The van der Waals surface area contributed by atoms with Crippen LogP contribution in [0.2, 0.25) is 0 Å². The zero-order valence-corrected chi connectivity index (χ0v) is 14.3. The molecule has 3 aromatic rings. The molecule has 0 radical (unpaired) electrons. The van der Waals surface area contributed by atoms with Gasteiger partial charge in [-0.1, -0.05) is 24.3 Å². The fraction of sp³-hybridized carbons (Fsp3) is 0.118. The third-order valence-electron chi connectivity index (χ3n) is 3.46. The van der Waals surface area contributed by atoms with E-state index in [1.807, 2.05) is 18.2 Å². The molecule has 0 atom stereocenters. The standard InChI is InChI=1S/C17H16N4O3S/c1-25(23,24)10-13-6-8-14(9-7-13)17(22)20-15-4-2-3-5-16(15)21-12-18-11-19-21/h2-9,11-12H,10H2,1H3,(H,20,22). The molecule has 1 aromatic heterocycles. The number of hydrogen-bond donors (Lipinski definition) is 1. The van der Waals surface area contributed by atoms with Gasteiger partial charge < -0.3 is 5.32 Å². The number of nitrogens with one attached hydrogen (secondary N) is 1. The first-order valence-electron chi connectivity index (χ1n) is 7.44. The van der Waals surface area contributed by atoms with Crippen LogP contribution in [0.3, 0.4) is 0 Å². The molecule has 0 bridgehead atoms. The summed E-state index contributed by atoms with van der Waals surface area (Å²) in [5.74, 6) is -0.345. The van der Waals surface area contributed by atoms with Crippen molar-refractivity contribution in [3.05, 3.63) is 72.3 Å². The third kappa shape index (κ3) is 4.30. The van der Waals surface area contributed by atoms with E-state index in [1.54, 1.807) is 41.3 Å². The van der Waals surface area contributed by atoms with Crippen LogP contribution in [-0.2, 0) is 15.6 Å². The molecule has 1 amide bonds. The first-order valence-corrected chi connectivity index (χ1v) is 9.50. The summed E-state index contributed by atoms with van der Waals surface area (Å²) in [5.41, 5.74) is 2.37. The zero-order valence-electron chi connectivity index (χ0n) is 13.5. The molecule has 0 saturated carbocycles. The molecule has 0 aliphatic carbocycles. The topological polar surface area (TPSA) is 94.0 Å². The highest BCUT2D eigenvalue weighted by Gasteiger charge is 2.11. The molecule has 2 aromatic carbocycles. The van der Waals surface area contributed by atoms with Gasteiger partial charge in [0.05, 0.1) is 17.1 Å². The third-order valence-corrected chi connectivity index (χ3v) is 4.32. The van der Waals surface area contributed by atoms with Crippen LogP contribution in [0.5, 0.6) is 0 Å². The number of sulfone groups is 1. The Hall–Kier alpha value is -3.00. The van der Waals surface area contributed by atoms with Crippen LogP contribution in [0.15, 0.2) is 61.2 Å². The van der Waals surface area contributed by atoms with Crippen LogP contribution in [0, 0.1) is 0 Å². The predicted molar refractivity (Wildman–Crippen MR) is 94.3 cm³/mol. The first kappa shape index (κ1) is 16.8. The van der Waals surface area contributed by atoms with Crippen molar-refractivity contribution in [1.82, 2.24) is 14.8 Å². The van der Waals surface area contributed by atoms with Gasteiger partial charge in [-0.2, -0.15) is 5.10 Å². The number of rotatable bonds is 5. The zero-order chi connectivity index (χ0) is 17.9. The van der Waals surface area contributed by atoms with Gasteiger partial charge >= 0.3 is 0 Å². The van der Waals surface area contributed by atoms with Crippen molar-refractivity contribution in [2.45, 2.75) is 5.75 Å². The average Bonchev–Trinajstić information content (AvgIpc) is 3.09. The Labute approximate surface area is 145 Å². The molecular formula is C17H16N4O3S. The highest BCUT2D eigenvalue weighted by Crippen LogP contribution is 2.19. The van der Waals surface area contributed by atoms with E-state index in [2.05, 4.69) is 15.4 Å². The number of para-hydroxylation sites is 2. The van der Waals surface area contributed by atoms with E-state index in [0.717, 1.165) is 0 Å². The highest BCUT2D eigenvalue weighted by atomic mass is 32.2. The van der Waals surface area contributed by atoms with Crippen molar-refractivity contribution in [2.24, 2.45) is 0 Å². The quantitative estimate of drug-likeness (QED) is 0.755. The molecule has 0 unspecified atom stereocenters. The highest BCUT2D eigenvalue weighted by molar-refractivity contribution is 7.89. The summed E-state index contributed by atoms with van der Waals surface area (Å²) in [6.07, 6.45) is 4.14. The Morgan fingerprint density at radius 2 is 1.84 bits per heavy atom. The molecule has 1 N–H and O–H groups in total. The van der Waals surface area contributed by atoms with Gasteiger partial charge in [0, 0.05) is 11.8 Å². The van der Waals surface area contributed by atoms with Gasteiger partial charge in [-0.3, -0.25) is 4.79 Å². The summed E-state index contributed by atoms with van der Waals surface area (Å²) in [6, 6.07) is 13.7. The van der Waals surface area contributed by atoms with Crippen LogP contribution in [0.25, 0.3) is 5.69 Å². The van der Waals surface area contributed by atoms with Gasteiger partial charge in [-0.15, -0.1) is 0 Å². The van der Waals surface area contributed by atoms with E-state index < -0.39 is 9.84 Å². The number of anilines is 1. The van der Waals surface area contributed by atoms with Crippen molar-refractivity contribution < 1.29 is 13.2 Å². The molecule has 1 heterocycles. The second-order valence-corrected chi connectivity index (χ2v) is 7.72. The van der Waals surface area contributed by atoms with Gasteiger partial charge in [0.1, 0.15) is 12.7 Å². The fourth-order valence-corrected chi connectivity index (χ4v) is 3.16. The Bertz CT molecular complexity index is 981. The van der Waals surface area contributed by atoms with Crippen LogP contribution in [0.1, 0.15) is 15.9 Å². The number of carbonyl (C=O) groups is 1. The molecule has 7 nitrogen and oxygen atoms in total. The number of carbonyl (C=O) groups excluding carboxylic acids is 1. The van der Waals surface area contributed by atoms with Crippen molar-refractivity contribution in [3.63, 3.8) is 0 Å². The van der Waals surface area contributed by atoms with Crippen LogP contribution in [0.4, 0.5) is 5.69 Å². The molecule has 3 rings (SSSR count). The molecule has 128 valence electrons. The minimum absolute atomic E-state index is 0.0516. The summed E-state index contributed by atoms with van der Waals surface area (Å²) < 4.78 is 24.2. The number of aromatic nitrogens is 3. The summed E-state index contributed by atoms with van der Waals surface area (Å²) in [4.78, 5) is 16.4. The maximum absolute atomic E-state index is 12.5. The summed E-state index contributed by atoms with van der Waals surface area (Å²) >= 11 is 0. The Morgan fingerprint density at radius 1 is 1.12 bits per heavy atom. The monoisotopic (exact) mass is 356 g/mol. The van der Waals surface area contributed by atoms with Gasteiger partial charge in [0.25, 0.3) is 5.91 Å². The van der Waals surface area contributed by atoms with Crippen LogP contribution >= 0.6 is 0 Å². The Kier molecular flexibility index (Phi) is 4.62. The molecule has 0 saturated heterocycles. The van der Waals surface area contributed by atoms with Crippen LogP contribution < -0.4 is 5.32 Å². The van der Waals surface area contributed by atoms with Gasteiger partial charge in [-0.25, -0.2) is 18.1 Å². The Morgan fingerprint density at radius 3 is 2.48 bits per heavy atom. The largest absolute Gasteiger partial charge is 0.320 e. The number of benzene rings is 2. The van der Waals surface area contributed by atoms with E-state index in [9.17, 15) is 13.2 Å². The lowest BCUT2D eigenvalue weighted by Gasteiger charge is -2.11. The van der Waals surface area contributed by atoms with E-state index in [4.69, 9.17) is 0 Å². The van der Waals surface area contributed by atoms with Crippen molar-refractivity contribution in [1.29, 1.82) is 0 Å². The van der Waals surface area contributed by atoms with E-state index in [0.29, 0.717) is 22.5 Å². The minimum atomic E-state index is -3.11. The van der Waals surface area contributed by atoms with E-state index >= 15 is 0 Å². The average molecular weight is 356 g/mol. The van der Waals surface area contributed by atoms with Gasteiger partial charge in [0.2, 0.25) is 0 Å². The van der Waals surface area contributed by atoms with Gasteiger partial charge in [0.15, 0.2) is 9.84 Å². The minimum Gasteiger partial charge on any atom is -0.320 e. The lowest BCUT2D eigenvalue weighted by Crippen LogP contribution is -2.14. The molecule has 25 heavy (non-hydrogen) atoms. The lowest BCUT2D eigenvalue weighted by molar-refractivity contribution is 0.102. The second kappa shape index (κ2) is 6.86. The normalized spacial score (nSPS) is 11.2.